The van der Waals surface area contributed by atoms with Crippen molar-refractivity contribution in [1.29, 1.82) is 0 Å². The Hall–Kier alpha value is -1.07. The zero-order valence-electron chi connectivity index (χ0n) is 11.0. The number of hydrogen-bond donors (Lipinski definition) is 1. The van der Waals surface area contributed by atoms with Crippen LogP contribution in [0.2, 0.25) is 0 Å². The number of aromatic carboxylic acids is 1. The molecular formula is C14H18O4S. The van der Waals surface area contributed by atoms with Crippen molar-refractivity contribution >= 4 is 17.3 Å². The fourth-order valence-corrected chi connectivity index (χ4v) is 3.69. The zero-order chi connectivity index (χ0) is 13.5. The van der Waals surface area contributed by atoms with E-state index in [1.165, 1.54) is 17.8 Å². The van der Waals surface area contributed by atoms with Gasteiger partial charge in [-0.3, -0.25) is 0 Å². The summed E-state index contributed by atoms with van der Waals surface area (Å²) in [5, 5.41) is 9.17. The van der Waals surface area contributed by atoms with Crippen molar-refractivity contribution in [3.8, 4) is 5.75 Å². The maximum atomic E-state index is 11.2. The minimum Gasteiger partial charge on any atom is -0.488 e. The van der Waals surface area contributed by atoms with Crippen LogP contribution < -0.4 is 4.74 Å². The number of thiophene rings is 1. The largest absolute Gasteiger partial charge is 0.488 e. The van der Waals surface area contributed by atoms with E-state index < -0.39 is 5.97 Å². The van der Waals surface area contributed by atoms with E-state index in [1.807, 2.05) is 13.0 Å². The van der Waals surface area contributed by atoms with Gasteiger partial charge in [0, 0.05) is 17.7 Å². The lowest BCUT2D eigenvalue weighted by Crippen LogP contribution is -2.48. The second kappa shape index (κ2) is 4.80. The second-order valence-electron chi connectivity index (χ2n) is 5.47. The van der Waals surface area contributed by atoms with Crippen LogP contribution in [0.25, 0.3) is 0 Å². The number of carbonyl (C=O) groups is 1. The van der Waals surface area contributed by atoms with E-state index in [0.717, 1.165) is 37.2 Å². The van der Waals surface area contributed by atoms with E-state index in [2.05, 4.69) is 0 Å². The molecule has 2 fully saturated rings. The maximum absolute atomic E-state index is 11.2. The van der Waals surface area contributed by atoms with Crippen molar-refractivity contribution in [1.82, 2.24) is 0 Å². The summed E-state index contributed by atoms with van der Waals surface area (Å²) in [5.41, 5.74) is 0.0252. The molecule has 1 aromatic rings. The Morgan fingerprint density at radius 1 is 1.58 bits per heavy atom. The Kier molecular flexibility index (Phi) is 3.27. The highest BCUT2D eigenvalue weighted by molar-refractivity contribution is 7.14. The lowest BCUT2D eigenvalue weighted by Gasteiger charge is -2.46. The molecule has 0 bridgehead atoms. The molecule has 1 aromatic heterocycles. The fraction of sp³-hybridized carbons (Fsp3) is 0.643. The van der Waals surface area contributed by atoms with Crippen LogP contribution in [-0.2, 0) is 4.74 Å². The minimum atomic E-state index is -0.904. The van der Waals surface area contributed by atoms with Crippen molar-refractivity contribution < 1.29 is 19.4 Å². The summed E-state index contributed by atoms with van der Waals surface area (Å²) >= 11 is 1.27. The Labute approximate surface area is 116 Å². The monoisotopic (exact) mass is 282 g/mol. The number of hydrogen-bond acceptors (Lipinski definition) is 4. The third kappa shape index (κ3) is 2.49. The van der Waals surface area contributed by atoms with Gasteiger partial charge in [-0.2, -0.15) is 0 Å². The van der Waals surface area contributed by atoms with Crippen LogP contribution in [0.5, 0.6) is 5.75 Å². The molecule has 5 heteroatoms. The third-order valence-corrected chi connectivity index (χ3v) is 5.04. The number of ether oxygens (including phenoxy) is 2. The van der Waals surface area contributed by atoms with Gasteiger partial charge in [-0.15, -0.1) is 11.3 Å². The molecule has 1 saturated heterocycles. The molecule has 1 unspecified atom stereocenters. The summed E-state index contributed by atoms with van der Waals surface area (Å²) in [6.07, 6.45) is 5.27. The Balaban J connectivity index is 1.72. The third-order valence-electron chi connectivity index (χ3n) is 4.02. The first-order chi connectivity index (χ1) is 9.08. The second-order valence-corrected chi connectivity index (χ2v) is 6.73. The number of aryl methyl sites for hydroxylation is 1. The van der Waals surface area contributed by atoms with Crippen LogP contribution in [0.3, 0.4) is 0 Å². The minimum absolute atomic E-state index is 0.0252. The molecule has 1 N–H and O–H groups in total. The average Bonchev–Trinajstić information content (AvgIpc) is 2.69. The summed E-state index contributed by atoms with van der Waals surface area (Å²) < 4.78 is 11.8. The molecule has 1 spiro atoms. The highest BCUT2D eigenvalue weighted by atomic mass is 32.1. The zero-order valence-corrected chi connectivity index (χ0v) is 11.8. The van der Waals surface area contributed by atoms with Crippen molar-refractivity contribution in [3.63, 3.8) is 0 Å². The predicted molar refractivity (Wildman–Crippen MR) is 72.2 cm³/mol. The van der Waals surface area contributed by atoms with Gasteiger partial charge in [-0.05, 0) is 32.3 Å². The van der Waals surface area contributed by atoms with Gasteiger partial charge in [-0.1, -0.05) is 0 Å². The maximum Gasteiger partial charge on any atom is 0.349 e. The van der Waals surface area contributed by atoms with Gasteiger partial charge in [0.1, 0.15) is 11.9 Å². The highest BCUT2D eigenvalue weighted by Gasteiger charge is 2.43. The Bertz CT molecular complexity index is 490. The van der Waals surface area contributed by atoms with Gasteiger partial charge in [0.25, 0.3) is 0 Å². The van der Waals surface area contributed by atoms with Gasteiger partial charge < -0.3 is 14.6 Å². The van der Waals surface area contributed by atoms with Gasteiger partial charge in [0.2, 0.25) is 0 Å². The molecule has 0 aromatic carbocycles. The lowest BCUT2D eigenvalue weighted by molar-refractivity contribution is -0.153. The van der Waals surface area contributed by atoms with Crippen LogP contribution in [0.1, 0.15) is 46.7 Å². The van der Waals surface area contributed by atoms with Crippen LogP contribution in [0, 0.1) is 6.92 Å². The molecule has 1 aliphatic heterocycles. The first-order valence-electron chi connectivity index (χ1n) is 6.72. The molecule has 1 saturated carbocycles. The summed E-state index contributed by atoms with van der Waals surface area (Å²) in [7, 11) is 0. The molecule has 1 aliphatic carbocycles. The van der Waals surface area contributed by atoms with E-state index in [4.69, 9.17) is 9.47 Å². The molecule has 19 heavy (non-hydrogen) atoms. The lowest BCUT2D eigenvalue weighted by atomic mass is 9.74. The van der Waals surface area contributed by atoms with Crippen molar-refractivity contribution in [2.24, 2.45) is 0 Å². The van der Waals surface area contributed by atoms with Crippen molar-refractivity contribution in [2.75, 3.05) is 6.61 Å². The molecule has 3 rings (SSSR count). The standard InChI is InChI=1S/C14H18O4S/c1-9-7-11(12(19-9)13(15)16)18-10-3-6-17-14(8-10)4-2-5-14/h7,10H,2-6,8H2,1H3,(H,15,16). The quantitative estimate of drug-likeness (QED) is 0.924. The van der Waals surface area contributed by atoms with E-state index in [9.17, 15) is 9.90 Å². The van der Waals surface area contributed by atoms with Crippen molar-refractivity contribution in [3.05, 3.63) is 15.8 Å². The van der Waals surface area contributed by atoms with Crippen LogP contribution in [0.4, 0.5) is 0 Å². The molecule has 1 atom stereocenters. The SMILES string of the molecule is Cc1cc(OC2CCOC3(CCC3)C2)c(C(=O)O)s1. The summed E-state index contributed by atoms with van der Waals surface area (Å²) in [4.78, 5) is 12.5. The van der Waals surface area contributed by atoms with Crippen molar-refractivity contribution in [2.45, 2.75) is 50.7 Å². The van der Waals surface area contributed by atoms with Crippen LogP contribution in [0.15, 0.2) is 6.07 Å². The van der Waals surface area contributed by atoms with Gasteiger partial charge in [0.05, 0.1) is 12.2 Å². The van der Waals surface area contributed by atoms with E-state index >= 15 is 0 Å². The molecule has 4 nitrogen and oxygen atoms in total. The van der Waals surface area contributed by atoms with Gasteiger partial charge in [-0.25, -0.2) is 4.79 Å². The normalized spacial score (nSPS) is 25.0. The average molecular weight is 282 g/mol. The van der Waals surface area contributed by atoms with E-state index in [0.29, 0.717) is 10.6 Å². The first kappa shape index (κ1) is 12.9. The van der Waals surface area contributed by atoms with E-state index in [1.54, 1.807) is 0 Å². The van der Waals surface area contributed by atoms with Crippen LogP contribution in [-0.4, -0.2) is 29.4 Å². The topological polar surface area (TPSA) is 55.8 Å². The Morgan fingerprint density at radius 2 is 2.37 bits per heavy atom. The molecule has 2 heterocycles. The molecule has 0 amide bonds. The summed E-state index contributed by atoms with van der Waals surface area (Å²) in [6.45, 7) is 2.62. The summed E-state index contributed by atoms with van der Waals surface area (Å²) in [5.74, 6) is -0.380. The highest BCUT2D eigenvalue weighted by Crippen LogP contribution is 2.43. The van der Waals surface area contributed by atoms with Gasteiger partial charge >= 0.3 is 5.97 Å². The van der Waals surface area contributed by atoms with Gasteiger partial charge in [0.15, 0.2) is 4.88 Å². The number of rotatable bonds is 3. The summed E-state index contributed by atoms with van der Waals surface area (Å²) in [6, 6.07) is 1.83. The predicted octanol–water partition coefficient (Wildman–Crippen LogP) is 3.24. The van der Waals surface area contributed by atoms with Crippen LogP contribution >= 0.6 is 11.3 Å². The van der Waals surface area contributed by atoms with E-state index in [-0.39, 0.29) is 11.7 Å². The Morgan fingerprint density at radius 3 is 3.00 bits per heavy atom. The molecular weight excluding hydrogens is 264 g/mol. The first-order valence-corrected chi connectivity index (χ1v) is 7.54. The fourth-order valence-electron chi connectivity index (χ4n) is 2.91. The molecule has 2 aliphatic rings. The number of carboxylic acid groups (broad SMARTS) is 1. The molecule has 0 radical (unpaired) electrons. The number of carboxylic acids is 1. The smallest absolute Gasteiger partial charge is 0.349 e. The molecule has 104 valence electrons.